The van der Waals surface area contributed by atoms with E-state index in [1.54, 1.807) is 0 Å². The monoisotopic (exact) mass is 428 g/mol. The Bertz CT molecular complexity index is 859. The summed E-state index contributed by atoms with van der Waals surface area (Å²) < 4.78 is 0.952. The highest BCUT2D eigenvalue weighted by molar-refractivity contribution is 9.10. The van der Waals surface area contributed by atoms with E-state index in [0.717, 1.165) is 28.6 Å². The normalized spacial score (nSPS) is 35.3. The minimum atomic E-state index is -0.321. The van der Waals surface area contributed by atoms with Crippen molar-refractivity contribution in [3.8, 4) is 0 Å². The first-order valence-corrected chi connectivity index (χ1v) is 10.4. The highest BCUT2D eigenvalue weighted by atomic mass is 79.9. The summed E-state index contributed by atoms with van der Waals surface area (Å²) in [7, 11) is 0. The maximum absolute atomic E-state index is 12.9. The summed E-state index contributed by atoms with van der Waals surface area (Å²) in [6.07, 6.45) is 6.20. The summed E-state index contributed by atoms with van der Waals surface area (Å²) in [4.78, 5) is 39.7. The quantitative estimate of drug-likeness (QED) is 0.591. The maximum atomic E-state index is 12.9. The lowest BCUT2D eigenvalue weighted by Gasteiger charge is -2.37. The van der Waals surface area contributed by atoms with E-state index < -0.39 is 0 Å². The molecule has 0 spiro atoms. The van der Waals surface area contributed by atoms with Gasteiger partial charge in [0.05, 0.1) is 11.8 Å². The Labute approximate surface area is 166 Å². The molecule has 1 aromatic carbocycles. The molecule has 1 N–H and O–H groups in total. The molecule has 2 bridgehead atoms. The van der Waals surface area contributed by atoms with Crippen molar-refractivity contribution in [2.45, 2.75) is 19.8 Å². The largest absolute Gasteiger partial charge is 0.324 e. The summed E-state index contributed by atoms with van der Waals surface area (Å²) in [6.45, 7) is 1.82. The van der Waals surface area contributed by atoms with Crippen LogP contribution in [-0.2, 0) is 20.8 Å². The summed E-state index contributed by atoms with van der Waals surface area (Å²) >= 11 is 3.43. The van der Waals surface area contributed by atoms with Crippen LogP contribution < -0.4 is 5.32 Å². The van der Waals surface area contributed by atoms with E-state index in [1.807, 2.05) is 25.1 Å². The van der Waals surface area contributed by atoms with Crippen molar-refractivity contribution in [2.75, 3.05) is 11.9 Å². The third kappa shape index (κ3) is 2.53. The third-order valence-electron chi connectivity index (χ3n) is 6.78. The number of anilines is 1. The molecule has 1 heterocycles. The van der Waals surface area contributed by atoms with Crippen molar-refractivity contribution in [2.24, 2.45) is 35.5 Å². The van der Waals surface area contributed by atoms with Crippen molar-refractivity contribution in [1.29, 1.82) is 0 Å². The zero-order valence-electron chi connectivity index (χ0n) is 15.0. The number of hydrogen-bond acceptors (Lipinski definition) is 3. The van der Waals surface area contributed by atoms with Crippen LogP contribution in [0.2, 0.25) is 0 Å². The zero-order valence-corrected chi connectivity index (χ0v) is 16.6. The second-order valence-corrected chi connectivity index (χ2v) is 9.04. The number of aryl methyl sites for hydroxylation is 1. The van der Waals surface area contributed by atoms with E-state index >= 15 is 0 Å². The Morgan fingerprint density at radius 3 is 2.37 bits per heavy atom. The molecule has 2 saturated carbocycles. The molecule has 140 valence electrons. The summed E-state index contributed by atoms with van der Waals surface area (Å²) in [6, 6.07) is 5.67. The van der Waals surface area contributed by atoms with Crippen LogP contribution in [0.25, 0.3) is 0 Å². The fourth-order valence-corrected chi connectivity index (χ4v) is 5.89. The molecule has 6 rings (SSSR count). The van der Waals surface area contributed by atoms with E-state index in [2.05, 4.69) is 33.4 Å². The number of allylic oxidation sites excluding steroid dienone is 2. The van der Waals surface area contributed by atoms with Gasteiger partial charge in [-0.05, 0) is 60.3 Å². The van der Waals surface area contributed by atoms with Gasteiger partial charge in [0.2, 0.25) is 17.7 Å². The third-order valence-corrected chi connectivity index (χ3v) is 7.27. The van der Waals surface area contributed by atoms with E-state index in [4.69, 9.17) is 0 Å². The number of benzene rings is 1. The highest BCUT2D eigenvalue weighted by Crippen LogP contribution is 2.65. The molecule has 1 aliphatic heterocycles. The number of hydrogen-bond donors (Lipinski definition) is 1. The first kappa shape index (κ1) is 17.2. The maximum Gasteiger partial charge on any atom is 0.244 e. The number of imide groups is 1. The van der Waals surface area contributed by atoms with Crippen LogP contribution in [0.15, 0.2) is 34.8 Å². The van der Waals surface area contributed by atoms with Crippen LogP contribution in [0.3, 0.4) is 0 Å². The minimum Gasteiger partial charge on any atom is -0.324 e. The predicted octanol–water partition coefficient (Wildman–Crippen LogP) is 3.00. The molecular formula is C21H21BrN2O3. The van der Waals surface area contributed by atoms with Gasteiger partial charge in [0, 0.05) is 10.2 Å². The average molecular weight is 429 g/mol. The van der Waals surface area contributed by atoms with Crippen molar-refractivity contribution in [3.05, 3.63) is 40.4 Å². The molecule has 3 amide bonds. The van der Waals surface area contributed by atoms with Gasteiger partial charge in [-0.2, -0.15) is 0 Å². The van der Waals surface area contributed by atoms with Gasteiger partial charge < -0.3 is 5.32 Å². The standard InChI is InChI=1S/C21H21BrN2O3/c1-2-10-7-11(22)3-6-16(10)23-17(25)9-24-20(26)18-12-4-5-13(15-8-14(12)15)19(18)21(24)27/h3-7,12-15,18-19H,2,8-9H2,1H3,(H,23,25)/t12-,13-,14-,15+,18+,19+/m0/s1. The molecule has 6 atom stereocenters. The number of nitrogens with one attached hydrogen (secondary N) is 1. The molecule has 3 fully saturated rings. The number of rotatable bonds is 4. The van der Waals surface area contributed by atoms with Crippen LogP contribution in [-0.4, -0.2) is 29.2 Å². The fourth-order valence-electron chi connectivity index (χ4n) is 5.48. The van der Waals surface area contributed by atoms with E-state index in [1.165, 1.54) is 4.90 Å². The predicted molar refractivity (Wildman–Crippen MR) is 104 cm³/mol. The van der Waals surface area contributed by atoms with Gasteiger partial charge in [-0.1, -0.05) is 35.0 Å². The van der Waals surface area contributed by atoms with Gasteiger partial charge in [0.15, 0.2) is 0 Å². The van der Waals surface area contributed by atoms with Crippen LogP contribution in [0.4, 0.5) is 5.69 Å². The molecule has 6 heteroatoms. The molecule has 0 unspecified atom stereocenters. The Balaban J connectivity index is 1.33. The highest BCUT2D eigenvalue weighted by Gasteiger charge is 2.67. The van der Waals surface area contributed by atoms with Gasteiger partial charge in [-0.25, -0.2) is 0 Å². The van der Waals surface area contributed by atoms with Crippen molar-refractivity contribution >= 4 is 39.3 Å². The average Bonchev–Trinajstić information content (AvgIpc) is 3.44. The molecule has 1 aromatic rings. The van der Waals surface area contributed by atoms with Gasteiger partial charge >= 0.3 is 0 Å². The Hall–Kier alpha value is -1.95. The Morgan fingerprint density at radius 2 is 1.78 bits per heavy atom. The lowest BCUT2D eigenvalue weighted by atomic mass is 9.63. The van der Waals surface area contributed by atoms with Gasteiger partial charge in [0.1, 0.15) is 6.54 Å². The zero-order chi connectivity index (χ0) is 18.9. The summed E-state index contributed by atoms with van der Waals surface area (Å²) in [5.41, 5.74) is 1.73. The molecule has 0 radical (unpaired) electrons. The van der Waals surface area contributed by atoms with Crippen molar-refractivity contribution in [3.63, 3.8) is 0 Å². The summed E-state index contributed by atoms with van der Waals surface area (Å²) in [5, 5.41) is 2.87. The minimum absolute atomic E-state index is 0.156. The lowest BCUT2D eigenvalue weighted by molar-refractivity contribution is -0.142. The first-order chi connectivity index (χ1) is 13.0. The van der Waals surface area contributed by atoms with Gasteiger partial charge in [-0.15, -0.1) is 0 Å². The molecule has 1 saturated heterocycles. The lowest BCUT2D eigenvalue weighted by Crippen LogP contribution is -2.40. The number of carbonyl (C=O) groups excluding carboxylic acids is 3. The van der Waals surface area contributed by atoms with Crippen molar-refractivity contribution < 1.29 is 14.4 Å². The Morgan fingerprint density at radius 1 is 1.15 bits per heavy atom. The van der Waals surface area contributed by atoms with Crippen LogP contribution in [0.5, 0.6) is 0 Å². The Kier molecular flexibility index (Phi) is 3.83. The van der Waals surface area contributed by atoms with Gasteiger partial charge in [0.25, 0.3) is 0 Å². The second kappa shape index (κ2) is 6.03. The molecule has 4 aliphatic carbocycles. The SMILES string of the molecule is CCc1cc(Br)ccc1NC(=O)CN1C(=O)[C@@H]2[C@H]3C=C[C@@H]([C@@H]4C[C@H]34)[C@H]2C1=O. The first-order valence-electron chi connectivity index (χ1n) is 9.61. The van der Waals surface area contributed by atoms with Crippen LogP contribution >= 0.6 is 15.9 Å². The number of nitrogens with zero attached hydrogens (tertiary/aromatic N) is 1. The molecule has 5 aliphatic rings. The fraction of sp³-hybridized carbons (Fsp3) is 0.476. The van der Waals surface area contributed by atoms with E-state index in [-0.39, 0.29) is 47.9 Å². The molecule has 27 heavy (non-hydrogen) atoms. The number of likely N-dealkylation sites (tertiary alicyclic amines) is 1. The molecular weight excluding hydrogens is 408 g/mol. The topological polar surface area (TPSA) is 66.5 Å². The van der Waals surface area contributed by atoms with Crippen LogP contribution in [0.1, 0.15) is 18.9 Å². The number of amides is 3. The van der Waals surface area contributed by atoms with E-state index in [9.17, 15) is 14.4 Å². The summed E-state index contributed by atoms with van der Waals surface area (Å²) in [5.74, 6) is 0.389. The van der Waals surface area contributed by atoms with Gasteiger partial charge in [-0.3, -0.25) is 19.3 Å². The second-order valence-electron chi connectivity index (χ2n) is 8.12. The smallest absolute Gasteiger partial charge is 0.244 e. The van der Waals surface area contributed by atoms with E-state index in [0.29, 0.717) is 11.8 Å². The molecule has 5 nitrogen and oxygen atoms in total. The van der Waals surface area contributed by atoms with Crippen LogP contribution in [0, 0.1) is 35.5 Å². The molecule has 0 aromatic heterocycles. The van der Waals surface area contributed by atoms with Crippen molar-refractivity contribution in [1.82, 2.24) is 4.90 Å². The number of halogens is 1. The number of carbonyl (C=O) groups is 3.